The zero-order chi connectivity index (χ0) is 13.0. The maximum atomic E-state index is 13.0. The van der Waals surface area contributed by atoms with E-state index in [9.17, 15) is 9.18 Å². The van der Waals surface area contributed by atoms with Gasteiger partial charge in [-0.25, -0.2) is 9.18 Å². The number of anilines is 1. The zero-order valence-electron chi connectivity index (χ0n) is 10.0. The lowest BCUT2D eigenvalue weighted by Gasteiger charge is -2.34. The van der Waals surface area contributed by atoms with E-state index in [0.717, 1.165) is 12.0 Å². The number of amides is 1. The van der Waals surface area contributed by atoms with Crippen molar-refractivity contribution in [3.63, 3.8) is 0 Å². The van der Waals surface area contributed by atoms with E-state index in [1.807, 2.05) is 18.2 Å². The van der Waals surface area contributed by atoms with Gasteiger partial charge >= 0.3 is 6.09 Å². The Bertz CT molecular complexity index is 424. The SMILES string of the molecule is O=C(OCCO)N1c2ccccc2CCC1CF. The highest BCUT2D eigenvalue weighted by Gasteiger charge is 2.31. The van der Waals surface area contributed by atoms with E-state index in [4.69, 9.17) is 9.84 Å². The van der Waals surface area contributed by atoms with Crippen LogP contribution in [-0.2, 0) is 11.2 Å². The van der Waals surface area contributed by atoms with E-state index in [0.29, 0.717) is 12.1 Å². The molecule has 0 aromatic heterocycles. The average molecular weight is 253 g/mol. The summed E-state index contributed by atoms with van der Waals surface area (Å²) in [5.74, 6) is 0. The number of rotatable bonds is 3. The molecule has 1 heterocycles. The van der Waals surface area contributed by atoms with Crippen LogP contribution in [0.25, 0.3) is 0 Å². The second-order valence-corrected chi connectivity index (χ2v) is 4.18. The minimum absolute atomic E-state index is 0.0729. The molecule has 1 N–H and O–H groups in total. The molecule has 0 aliphatic carbocycles. The van der Waals surface area contributed by atoms with Crippen molar-refractivity contribution < 1.29 is 19.0 Å². The van der Waals surface area contributed by atoms with Crippen molar-refractivity contribution in [2.45, 2.75) is 18.9 Å². The Hall–Kier alpha value is -1.62. The number of aliphatic hydroxyl groups is 1. The Balaban J connectivity index is 2.26. The summed E-state index contributed by atoms with van der Waals surface area (Å²) >= 11 is 0. The molecule has 0 bridgehead atoms. The van der Waals surface area contributed by atoms with Gasteiger partial charge in [-0.2, -0.15) is 0 Å². The van der Waals surface area contributed by atoms with E-state index in [-0.39, 0.29) is 13.2 Å². The monoisotopic (exact) mass is 253 g/mol. The number of benzene rings is 1. The second kappa shape index (κ2) is 5.82. The lowest BCUT2D eigenvalue weighted by molar-refractivity contribution is 0.121. The van der Waals surface area contributed by atoms with Crippen LogP contribution in [0.15, 0.2) is 24.3 Å². The van der Waals surface area contributed by atoms with E-state index in [1.54, 1.807) is 6.07 Å². The summed E-state index contributed by atoms with van der Waals surface area (Å²) in [6, 6.07) is 6.94. The maximum absolute atomic E-state index is 13.0. The number of fused-ring (bicyclic) bond motifs is 1. The van der Waals surface area contributed by atoms with Gasteiger partial charge < -0.3 is 9.84 Å². The van der Waals surface area contributed by atoms with Gasteiger partial charge in [0, 0.05) is 0 Å². The fraction of sp³-hybridized carbons (Fsp3) is 0.462. The van der Waals surface area contributed by atoms with Crippen LogP contribution in [0.2, 0.25) is 0 Å². The molecule has 98 valence electrons. The van der Waals surface area contributed by atoms with Crippen molar-refractivity contribution >= 4 is 11.8 Å². The van der Waals surface area contributed by atoms with Crippen molar-refractivity contribution in [1.29, 1.82) is 0 Å². The Morgan fingerprint density at radius 2 is 2.28 bits per heavy atom. The highest BCUT2D eigenvalue weighted by Crippen LogP contribution is 2.31. The molecule has 5 heteroatoms. The van der Waals surface area contributed by atoms with Crippen LogP contribution in [0, 0.1) is 0 Å². The number of halogens is 1. The van der Waals surface area contributed by atoms with Crippen LogP contribution in [0.4, 0.5) is 14.9 Å². The Labute approximate surface area is 105 Å². The number of nitrogens with zero attached hydrogens (tertiary/aromatic N) is 1. The number of aliphatic hydroxyl groups excluding tert-OH is 1. The molecule has 1 aromatic rings. The number of carbonyl (C=O) groups is 1. The summed E-state index contributed by atoms with van der Waals surface area (Å²) in [5.41, 5.74) is 1.72. The first-order valence-corrected chi connectivity index (χ1v) is 5.98. The quantitative estimate of drug-likeness (QED) is 0.895. The highest BCUT2D eigenvalue weighted by atomic mass is 19.1. The van der Waals surface area contributed by atoms with Gasteiger partial charge in [0.25, 0.3) is 0 Å². The molecule has 1 amide bonds. The van der Waals surface area contributed by atoms with E-state index in [1.165, 1.54) is 4.90 Å². The third-order valence-electron chi connectivity index (χ3n) is 3.05. The molecule has 1 aliphatic heterocycles. The van der Waals surface area contributed by atoms with Crippen molar-refractivity contribution in [2.24, 2.45) is 0 Å². The van der Waals surface area contributed by atoms with Gasteiger partial charge in [0.05, 0.1) is 18.3 Å². The molecular weight excluding hydrogens is 237 g/mol. The molecule has 4 nitrogen and oxygen atoms in total. The van der Waals surface area contributed by atoms with Gasteiger partial charge in [-0.05, 0) is 24.5 Å². The Morgan fingerprint density at radius 3 is 3.00 bits per heavy atom. The van der Waals surface area contributed by atoms with Gasteiger partial charge in [-0.1, -0.05) is 18.2 Å². The maximum Gasteiger partial charge on any atom is 0.414 e. The van der Waals surface area contributed by atoms with Crippen molar-refractivity contribution in [2.75, 3.05) is 24.8 Å². The third kappa shape index (κ3) is 2.46. The average Bonchev–Trinajstić information content (AvgIpc) is 2.43. The molecule has 1 unspecified atom stereocenters. The lowest BCUT2D eigenvalue weighted by Crippen LogP contribution is -2.45. The molecule has 0 radical (unpaired) electrons. The topological polar surface area (TPSA) is 49.8 Å². The van der Waals surface area contributed by atoms with Gasteiger partial charge in [0.1, 0.15) is 13.3 Å². The molecule has 18 heavy (non-hydrogen) atoms. The summed E-state index contributed by atoms with van der Waals surface area (Å²) in [6.07, 6.45) is 0.745. The first kappa shape index (κ1) is 12.8. The van der Waals surface area contributed by atoms with Crippen molar-refractivity contribution in [3.8, 4) is 0 Å². The molecule has 0 spiro atoms. The highest BCUT2D eigenvalue weighted by molar-refractivity contribution is 5.90. The van der Waals surface area contributed by atoms with Crippen molar-refractivity contribution in [1.82, 2.24) is 0 Å². The summed E-state index contributed by atoms with van der Waals surface area (Å²) in [4.78, 5) is 13.3. The summed E-state index contributed by atoms with van der Waals surface area (Å²) in [5, 5.41) is 8.66. The minimum atomic E-state index is -0.598. The molecule has 1 atom stereocenters. The first-order valence-electron chi connectivity index (χ1n) is 5.98. The van der Waals surface area contributed by atoms with Crippen LogP contribution in [0.3, 0.4) is 0 Å². The number of alkyl halides is 1. The van der Waals surface area contributed by atoms with Gasteiger partial charge in [0.2, 0.25) is 0 Å². The molecule has 0 fully saturated rings. The third-order valence-corrected chi connectivity index (χ3v) is 3.05. The van der Waals surface area contributed by atoms with Gasteiger partial charge in [0.15, 0.2) is 0 Å². The standard InChI is InChI=1S/C13H16FNO3/c14-9-11-6-5-10-3-1-2-4-12(10)15(11)13(17)18-8-7-16/h1-4,11,16H,5-9H2. The number of ether oxygens (including phenoxy) is 1. The van der Waals surface area contributed by atoms with Crippen LogP contribution < -0.4 is 4.90 Å². The summed E-state index contributed by atoms with van der Waals surface area (Å²) < 4.78 is 17.9. The number of aryl methyl sites for hydroxylation is 1. The largest absolute Gasteiger partial charge is 0.447 e. The van der Waals surface area contributed by atoms with Gasteiger partial charge in [-0.15, -0.1) is 0 Å². The molecule has 0 saturated carbocycles. The van der Waals surface area contributed by atoms with Crippen LogP contribution in [0.1, 0.15) is 12.0 Å². The zero-order valence-corrected chi connectivity index (χ0v) is 10.0. The van der Waals surface area contributed by atoms with Crippen molar-refractivity contribution in [3.05, 3.63) is 29.8 Å². The number of hydrogen-bond acceptors (Lipinski definition) is 3. The molecule has 1 aromatic carbocycles. The number of hydrogen-bond donors (Lipinski definition) is 1. The first-order chi connectivity index (χ1) is 8.77. The smallest absolute Gasteiger partial charge is 0.414 e. The Kier molecular flexibility index (Phi) is 4.15. The second-order valence-electron chi connectivity index (χ2n) is 4.18. The normalized spacial score (nSPS) is 18.3. The molecule has 0 saturated heterocycles. The Morgan fingerprint density at radius 1 is 1.50 bits per heavy atom. The summed E-state index contributed by atoms with van der Waals surface area (Å²) in [7, 11) is 0. The van der Waals surface area contributed by atoms with E-state index >= 15 is 0 Å². The van der Waals surface area contributed by atoms with Gasteiger partial charge in [-0.3, -0.25) is 4.90 Å². The lowest BCUT2D eigenvalue weighted by atomic mass is 9.97. The number of para-hydroxylation sites is 1. The number of carbonyl (C=O) groups excluding carboxylic acids is 1. The molecule has 1 aliphatic rings. The molecule has 2 rings (SSSR count). The van der Waals surface area contributed by atoms with E-state index < -0.39 is 18.8 Å². The predicted molar refractivity (Wildman–Crippen MR) is 65.4 cm³/mol. The van der Waals surface area contributed by atoms with Crippen LogP contribution in [-0.4, -0.2) is 37.1 Å². The van der Waals surface area contributed by atoms with E-state index in [2.05, 4.69) is 0 Å². The fourth-order valence-corrected chi connectivity index (χ4v) is 2.20. The summed E-state index contributed by atoms with van der Waals surface area (Å²) in [6.45, 7) is -0.902. The molecular formula is C13H16FNO3. The fourth-order valence-electron chi connectivity index (χ4n) is 2.20. The van der Waals surface area contributed by atoms with Crippen LogP contribution >= 0.6 is 0 Å². The predicted octanol–water partition coefficient (Wildman–Crippen LogP) is 1.91. The minimum Gasteiger partial charge on any atom is -0.447 e. The van der Waals surface area contributed by atoms with Crippen LogP contribution in [0.5, 0.6) is 0 Å².